The SMILES string of the molecule is CC(C)N(CCCC(=O)O)CC(=O)N1CCOCC1. The van der Waals surface area contributed by atoms with Crippen molar-refractivity contribution in [1.82, 2.24) is 9.80 Å². The minimum absolute atomic E-state index is 0.104. The molecule has 1 heterocycles. The van der Waals surface area contributed by atoms with E-state index in [1.54, 1.807) is 0 Å². The number of nitrogens with zero attached hydrogens (tertiary/aromatic N) is 2. The van der Waals surface area contributed by atoms with Crippen LogP contribution in [-0.2, 0) is 14.3 Å². The molecule has 1 N–H and O–H groups in total. The van der Waals surface area contributed by atoms with Gasteiger partial charge in [-0.05, 0) is 26.8 Å². The maximum absolute atomic E-state index is 12.1. The molecule has 0 aromatic heterocycles. The van der Waals surface area contributed by atoms with Gasteiger partial charge in [-0.3, -0.25) is 14.5 Å². The van der Waals surface area contributed by atoms with Gasteiger partial charge in [0, 0.05) is 25.6 Å². The zero-order valence-corrected chi connectivity index (χ0v) is 11.8. The highest BCUT2D eigenvalue weighted by molar-refractivity contribution is 5.78. The maximum Gasteiger partial charge on any atom is 0.303 e. The van der Waals surface area contributed by atoms with E-state index < -0.39 is 5.97 Å². The zero-order chi connectivity index (χ0) is 14.3. The van der Waals surface area contributed by atoms with Crippen molar-refractivity contribution in [3.63, 3.8) is 0 Å². The molecule has 110 valence electrons. The van der Waals surface area contributed by atoms with Crippen molar-refractivity contribution in [2.75, 3.05) is 39.4 Å². The molecule has 1 aliphatic heterocycles. The molecule has 0 bridgehead atoms. The topological polar surface area (TPSA) is 70.1 Å². The first-order valence-corrected chi connectivity index (χ1v) is 6.82. The Morgan fingerprint density at radius 2 is 1.95 bits per heavy atom. The van der Waals surface area contributed by atoms with Gasteiger partial charge in [0.1, 0.15) is 0 Å². The Kier molecular flexibility index (Phi) is 6.80. The highest BCUT2D eigenvalue weighted by Crippen LogP contribution is 2.05. The minimum Gasteiger partial charge on any atom is -0.481 e. The molecule has 19 heavy (non-hydrogen) atoms. The van der Waals surface area contributed by atoms with Crippen molar-refractivity contribution in [3.8, 4) is 0 Å². The Labute approximate surface area is 114 Å². The van der Waals surface area contributed by atoms with E-state index in [0.29, 0.717) is 45.8 Å². The van der Waals surface area contributed by atoms with Gasteiger partial charge in [-0.15, -0.1) is 0 Å². The van der Waals surface area contributed by atoms with Crippen LogP contribution < -0.4 is 0 Å². The fourth-order valence-electron chi connectivity index (χ4n) is 2.04. The quantitative estimate of drug-likeness (QED) is 0.727. The van der Waals surface area contributed by atoms with Gasteiger partial charge in [-0.1, -0.05) is 0 Å². The summed E-state index contributed by atoms with van der Waals surface area (Å²) in [5.41, 5.74) is 0. The number of amides is 1. The summed E-state index contributed by atoms with van der Waals surface area (Å²) in [6.45, 7) is 7.55. The summed E-state index contributed by atoms with van der Waals surface area (Å²) in [6, 6.07) is 0.235. The Morgan fingerprint density at radius 3 is 2.47 bits per heavy atom. The van der Waals surface area contributed by atoms with E-state index in [9.17, 15) is 9.59 Å². The number of rotatable bonds is 7. The Balaban J connectivity index is 2.38. The van der Waals surface area contributed by atoms with Crippen molar-refractivity contribution in [2.24, 2.45) is 0 Å². The van der Waals surface area contributed by atoms with Crippen LogP contribution in [0.1, 0.15) is 26.7 Å². The van der Waals surface area contributed by atoms with Gasteiger partial charge in [0.25, 0.3) is 0 Å². The van der Waals surface area contributed by atoms with E-state index in [1.165, 1.54) is 0 Å². The van der Waals surface area contributed by atoms with E-state index in [4.69, 9.17) is 9.84 Å². The Hall–Kier alpha value is -1.14. The van der Waals surface area contributed by atoms with Gasteiger partial charge in [0.15, 0.2) is 0 Å². The molecule has 1 aliphatic rings. The molecule has 0 saturated carbocycles. The minimum atomic E-state index is -0.789. The number of carbonyl (C=O) groups is 2. The van der Waals surface area contributed by atoms with Gasteiger partial charge in [-0.25, -0.2) is 0 Å². The number of hydrogen-bond acceptors (Lipinski definition) is 4. The summed E-state index contributed by atoms with van der Waals surface area (Å²) < 4.78 is 5.22. The lowest BCUT2D eigenvalue weighted by molar-refractivity contribution is -0.137. The summed E-state index contributed by atoms with van der Waals surface area (Å²) in [5, 5.41) is 8.64. The van der Waals surface area contributed by atoms with Gasteiger partial charge < -0.3 is 14.7 Å². The Bertz CT molecular complexity index is 301. The third-order valence-electron chi connectivity index (χ3n) is 3.27. The van der Waals surface area contributed by atoms with Crippen LogP contribution >= 0.6 is 0 Å². The molecule has 6 heteroatoms. The average Bonchev–Trinajstić information content (AvgIpc) is 2.37. The average molecular weight is 272 g/mol. The number of carboxylic acids is 1. The van der Waals surface area contributed by atoms with E-state index in [-0.39, 0.29) is 18.4 Å². The lowest BCUT2D eigenvalue weighted by Crippen LogP contribution is -2.47. The van der Waals surface area contributed by atoms with Crippen molar-refractivity contribution < 1.29 is 19.4 Å². The normalized spacial score (nSPS) is 16.1. The molecule has 1 amide bonds. The van der Waals surface area contributed by atoms with E-state index in [2.05, 4.69) is 0 Å². The van der Waals surface area contributed by atoms with E-state index in [0.717, 1.165) is 0 Å². The maximum atomic E-state index is 12.1. The summed E-state index contributed by atoms with van der Waals surface area (Å²) in [4.78, 5) is 26.5. The molecule has 0 aromatic carbocycles. The van der Waals surface area contributed by atoms with Crippen molar-refractivity contribution in [1.29, 1.82) is 0 Å². The molecule has 0 unspecified atom stereocenters. The standard InChI is InChI=1S/C13H24N2O4/c1-11(2)15(5-3-4-13(17)18)10-12(16)14-6-8-19-9-7-14/h11H,3-10H2,1-2H3,(H,17,18). The number of carboxylic acid groups (broad SMARTS) is 1. The summed E-state index contributed by atoms with van der Waals surface area (Å²) in [7, 11) is 0. The number of hydrogen-bond donors (Lipinski definition) is 1. The number of carbonyl (C=O) groups excluding carboxylic acids is 1. The predicted octanol–water partition coefficient (Wildman–Crippen LogP) is 0.420. The number of aliphatic carboxylic acids is 1. The zero-order valence-electron chi connectivity index (χ0n) is 11.8. The molecule has 1 fully saturated rings. The highest BCUT2D eigenvalue weighted by Gasteiger charge is 2.20. The monoisotopic (exact) mass is 272 g/mol. The fraction of sp³-hybridized carbons (Fsp3) is 0.846. The number of ether oxygens (including phenoxy) is 1. The highest BCUT2D eigenvalue weighted by atomic mass is 16.5. The lowest BCUT2D eigenvalue weighted by Gasteiger charge is -2.31. The van der Waals surface area contributed by atoms with Crippen LogP contribution in [0.15, 0.2) is 0 Å². The van der Waals surface area contributed by atoms with Gasteiger partial charge in [0.05, 0.1) is 19.8 Å². The molecule has 6 nitrogen and oxygen atoms in total. The smallest absolute Gasteiger partial charge is 0.303 e. The van der Waals surface area contributed by atoms with Crippen LogP contribution in [0.25, 0.3) is 0 Å². The van der Waals surface area contributed by atoms with Crippen molar-refractivity contribution in [3.05, 3.63) is 0 Å². The van der Waals surface area contributed by atoms with Crippen molar-refractivity contribution in [2.45, 2.75) is 32.7 Å². The molecule has 1 saturated heterocycles. The second kappa shape index (κ2) is 8.12. The molecule has 0 aromatic rings. The van der Waals surface area contributed by atoms with Crippen LogP contribution in [0, 0.1) is 0 Å². The second-order valence-corrected chi connectivity index (χ2v) is 5.05. The van der Waals surface area contributed by atoms with Crippen LogP contribution in [0.2, 0.25) is 0 Å². The first-order chi connectivity index (χ1) is 9.00. The van der Waals surface area contributed by atoms with Crippen LogP contribution in [-0.4, -0.2) is 72.2 Å². The molecule has 0 spiro atoms. The molecular weight excluding hydrogens is 248 g/mol. The fourth-order valence-corrected chi connectivity index (χ4v) is 2.04. The largest absolute Gasteiger partial charge is 0.481 e. The van der Waals surface area contributed by atoms with E-state index in [1.807, 2.05) is 23.6 Å². The van der Waals surface area contributed by atoms with Crippen molar-refractivity contribution >= 4 is 11.9 Å². The molecular formula is C13H24N2O4. The third kappa shape index (κ3) is 6.02. The lowest BCUT2D eigenvalue weighted by atomic mass is 10.2. The summed E-state index contributed by atoms with van der Waals surface area (Å²) in [6.07, 6.45) is 0.721. The second-order valence-electron chi connectivity index (χ2n) is 5.05. The Morgan fingerprint density at radius 1 is 1.32 bits per heavy atom. The van der Waals surface area contributed by atoms with Gasteiger partial charge in [-0.2, -0.15) is 0 Å². The van der Waals surface area contributed by atoms with Gasteiger partial charge in [0.2, 0.25) is 5.91 Å². The summed E-state index contributed by atoms with van der Waals surface area (Å²) in [5.74, 6) is -0.685. The molecule has 0 aliphatic carbocycles. The first-order valence-electron chi connectivity index (χ1n) is 6.82. The molecule has 0 radical (unpaired) electrons. The van der Waals surface area contributed by atoms with Crippen LogP contribution in [0.5, 0.6) is 0 Å². The first kappa shape index (κ1) is 15.9. The third-order valence-corrected chi connectivity index (χ3v) is 3.27. The van der Waals surface area contributed by atoms with Crippen LogP contribution in [0.4, 0.5) is 0 Å². The molecule has 1 rings (SSSR count). The molecule has 0 atom stereocenters. The van der Waals surface area contributed by atoms with Gasteiger partial charge >= 0.3 is 5.97 Å². The van der Waals surface area contributed by atoms with E-state index >= 15 is 0 Å². The predicted molar refractivity (Wildman–Crippen MR) is 71.0 cm³/mol. The summed E-state index contributed by atoms with van der Waals surface area (Å²) >= 11 is 0. The van der Waals surface area contributed by atoms with Crippen LogP contribution in [0.3, 0.4) is 0 Å². The number of morpholine rings is 1.